The molecule has 0 spiro atoms. The number of halogens is 1. The summed E-state index contributed by atoms with van der Waals surface area (Å²) >= 11 is 6.00. The van der Waals surface area contributed by atoms with Gasteiger partial charge in [-0.3, -0.25) is 4.79 Å². The Kier molecular flexibility index (Phi) is 5.87. The number of likely N-dealkylation sites (tertiary alicyclic amines) is 1. The standard InChI is InChI=1S/C19H23ClN4O/c1-14-4-3-9-24(12-14)19(25)17-11-18(23-13-22-17)21-8-7-15-5-2-6-16(20)10-15/h2,5-6,10-11,13-14H,3-4,7-9,12H2,1H3,(H,21,22,23). The molecule has 132 valence electrons. The fourth-order valence-corrected chi connectivity index (χ4v) is 3.35. The molecule has 6 heteroatoms. The average Bonchev–Trinajstić information content (AvgIpc) is 2.61. The van der Waals surface area contributed by atoms with Crippen LogP contribution < -0.4 is 5.32 Å². The first-order valence-corrected chi connectivity index (χ1v) is 9.09. The van der Waals surface area contributed by atoms with E-state index in [4.69, 9.17) is 11.6 Å². The molecule has 1 amide bonds. The molecule has 1 atom stereocenters. The van der Waals surface area contributed by atoms with Gasteiger partial charge in [-0.1, -0.05) is 30.7 Å². The molecule has 3 rings (SSSR count). The maximum Gasteiger partial charge on any atom is 0.272 e. The summed E-state index contributed by atoms with van der Waals surface area (Å²) in [7, 11) is 0. The Morgan fingerprint density at radius 3 is 3.04 bits per heavy atom. The van der Waals surface area contributed by atoms with Gasteiger partial charge in [0.15, 0.2) is 0 Å². The zero-order valence-electron chi connectivity index (χ0n) is 14.4. The Bertz CT molecular complexity index is 737. The van der Waals surface area contributed by atoms with Crippen LogP contribution in [0.2, 0.25) is 5.02 Å². The Morgan fingerprint density at radius 1 is 1.36 bits per heavy atom. The van der Waals surface area contributed by atoms with E-state index in [9.17, 15) is 4.79 Å². The first-order chi connectivity index (χ1) is 12.1. The average molecular weight is 359 g/mol. The normalized spacial score (nSPS) is 17.4. The number of hydrogen-bond donors (Lipinski definition) is 1. The number of carbonyl (C=O) groups excluding carboxylic acids is 1. The minimum atomic E-state index is -0.00755. The summed E-state index contributed by atoms with van der Waals surface area (Å²) in [5, 5.41) is 3.99. The van der Waals surface area contributed by atoms with Crippen LogP contribution in [0.3, 0.4) is 0 Å². The van der Waals surface area contributed by atoms with Gasteiger partial charge in [0.2, 0.25) is 0 Å². The van der Waals surface area contributed by atoms with Gasteiger partial charge < -0.3 is 10.2 Å². The van der Waals surface area contributed by atoms with Gasteiger partial charge in [0.1, 0.15) is 17.8 Å². The molecule has 1 saturated heterocycles. The molecule has 0 aliphatic carbocycles. The molecular weight excluding hydrogens is 336 g/mol. The number of nitrogens with one attached hydrogen (secondary N) is 1. The molecule has 25 heavy (non-hydrogen) atoms. The molecule has 1 unspecified atom stereocenters. The van der Waals surface area contributed by atoms with Crippen molar-refractivity contribution in [1.82, 2.24) is 14.9 Å². The molecule has 1 aliphatic rings. The highest BCUT2D eigenvalue weighted by Gasteiger charge is 2.23. The van der Waals surface area contributed by atoms with E-state index in [1.165, 1.54) is 12.7 Å². The van der Waals surface area contributed by atoms with Gasteiger partial charge in [-0.2, -0.15) is 0 Å². The van der Waals surface area contributed by atoms with Crippen molar-refractivity contribution in [3.8, 4) is 0 Å². The number of benzene rings is 1. The second kappa shape index (κ2) is 8.30. The van der Waals surface area contributed by atoms with Crippen molar-refractivity contribution in [2.24, 2.45) is 5.92 Å². The highest BCUT2D eigenvalue weighted by atomic mass is 35.5. The maximum atomic E-state index is 12.6. The zero-order valence-corrected chi connectivity index (χ0v) is 15.2. The third kappa shape index (κ3) is 4.92. The SMILES string of the molecule is CC1CCCN(C(=O)c2cc(NCCc3cccc(Cl)c3)ncn2)C1. The lowest BCUT2D eigenvalue weighted by Crippen LogP contribution is -2.39. The molecule has 2 heterocycles. The second-order valence-electron chi connectivity index (χ2n) is 6.59. The Balaban J connectivity index is 1.58. The van der Waals surface area contributed by atoms with E-state index in [1.54, 1.807) is 6.07 Å². The number of piperidine rings is 1. The van der Waals surface area contributed by atoms with Crippen molar-refractivity contribution in [3.63, 3.8) is 0 Å². The van der Waals surface area contributed by atoms with Crippen molar-refractivity contribution >= 4 is 23.3 Å². The number of aromatic nitrogens is 2. The molecule has 0 saturated carbocycles. The molecule has 1 aromatic carbocycles. The molecule has 2 aromatic rings. The summed E-state index contributed by atoms with van der Waals surface area (Å²) < 4.78 is 0. The summed E-state index contributed by atoms with van der Waals surface area (Å²) in [6.45, 7) is 4.51. The van der Waals surface area contributed by atoms with Gasteiger partial charge >= 0.3 is 0 Å². The first-order valence-electron chi connectivity index (χ1n) is 8.71. The number of anilines is 1. The van der Waals surface area contributed by atoms with E-state index in [2.05, 4.69) is 22.2 Å². The lowest BCUT2D eigenvalue weighted by atomic mass is 10.00. The van der Waals surface area contributed by atoms with Gasteiger partial charge in [0.05, 0.1) is 0 Å². The van der Waals surface area contributed by atoms with Crippen LogP contribution in [0.4, 0.5) is 5.82 Å². The van der Waals surface area contributed by atoms with E-state index < -0.39 is 0 Å². The van der Waals surface area contributed by atoms with Crippen LogP contribution in [-0.2, 0) is 6.42 Å². The summed E-state index contributed by atoms with van der Waals surface area (Å²) in [6, 6.07) is 9.54. The number of rotatable bonds is 5. The van der Waals surface area contributed by atoms with E-state index >= 15 is 0 Å². The van der Waals surface area contributed by atoms with Gasteiger partial charge in [-0.15, -0.1) is 0 Å². The quantitative estimate of drug-likeness (QED) is 0.886. The smallest absolute Gasteiger partial charge is 0.272 e. The number of amides is 1. The van der Waals surface area contributed by atoms with Gasteiger partial charge in [0, 0.05) is 30.7 Å². The van der Waals surface area contributed by atoms with Crippen molar-refractivity contribution in [1.29, 1.82) is 0 Å². The second-order valence-corrected chi connectivity index (χ2v) is 7.03. The molecular formula is C19H23ClN4O. The minimum absolute atomic E-state index is 0.00755. The van der Waals surface area contributed by atoms with Crippen LogP contribution in [0.15, 0.2) is 36.7 Å². The molecule has 1 aromatic heterocycles. The predicted molar refractivity (Wildman–Crippen MR) is 100.0 cm³/mol. The van der Waals surface area contributed by atoms with Crippen LogP contribution in [0, 0.1) is 5.92 Å². The van der Waals surface area contributed by atoms with E-state index in [-0.39, 0.29) is 5.91 Å². The fraction of sp³-hybridized carbons (Fsp3) is 0.421. The van der Waals surface area contributed by atoms with Gasteiger partial charge in [-0.25, -0.2) is 9.97 Å². The van der Waals surface area contributed by atoms with Crippen LogP contribution in [0.5, 0.6) is 0 Å². The molecule has 1 N–H and O–H groups in total. The maximum absolute atomic E-state index is 12.6. The first kappa shape index (κ1) is 17.7. The fourth-order valence-electron chi connectivity index (χ4n) is 3.13. The third-order valence-electron chi connectivity index (χ3n) is 4.44. The Morgan fingerprint density at radius 2 is 2.24 bits per heavy atom. The van der Waals surface area contributed by atoms with Crippen molar-refractivity contribution in [2.45, 2.75) is 26.2 Å². The summed E-state index contributed by atoms with van der Waals surface area (Å²) in [6.07, 6.45) is 4.52. The zero-order chi connectivity index (χ0) is 17.6. The Hall–Kier alpha value is -2.14. The summed E-state index contributed by atoms with van der Waals surface area (Å²) in [4.78, 5) is 22.9. The predicted octanol–water partition coefficient (Wildman–Crippen LogP) is 3.66. The highest BCUT2D eigenvalue weighted by molar-refractivity contribution is 6.30. The number of nitrogens with zero attached hydrogens (tertiary/aromatic N) is 3. The Labute approximate surface area is 153 Å². The number of carbonyl (C=O) groups is 1. The van der Waals surface area contributed by atoms with E-state index in [0.29, 0.717) is 24.0 Å². The molecule has 1 aliphatic heterocycles. The van der Waals surface area contributed by atoms with Crippen molar-refractivity contribution in [3.05, 3.63) is 52.9 Å². The highest BCUT2D eigenvalue weighted by Crippen LogP contribution is 2.18. The van der Waals surface area contributed by atoms with Crippen LogP contribution in [0.25, 0.3) is 0 Å². The van der Waals surface area contributed by atoms with Crippen molar-refractivity contribution in [2.75, 3.05) is 25.0 Å². The molecule has 5 nitrogen and oxygen atoms in total. The third-order valence-corrected chi connectivity index (χ3v) is 4.67. The topological polar surface area (TPSA) is 58.1 Å². The molecule has 1 fully saturated rings. The van der Waals surface area contributed by atoms with E-state index in [0.717, 1.165) is 36.5 Å². The molecule has 0 bridgehead atoms. The van der Waals surface area contributed by atoms with Gasteiger partial charge in [0.25, 0.3) is 5.91 Å². The van der Waals surface area contributed by atoms with Crippen LogP contribution >= 0.6 is 11.6 Å². The number of hydrogen-bond acceptors (Lipinski definition) is 4. The summed E-state index contributed by atoms with van der Waals surface area (Å²) in [5.41, 5.74) is 1.61. The van der Waals surface area contributed by atoms with Gasteiger partial charge in [-0.05, 0) is 42.9 Å². The van der Waals surface area contributed by atoms with Crippen LogP contribution in [-0.4, -0.2) is 40.4 Å². The van der Waals surface area contributed by atoms with E-state index in [1.807, 2.05) is 29.2 Å². The minimum Gasteiger partial charge on any atom is -0.370 e. The largest absolute Gasteiger partial charge is 0.370 e. The van der Waals surface area contributed by atoms with Crippen molar-refractivity contribution < 1.29 is 4.79 Å². The lowest BCUT2D eigenvalue weighted by Gasteiger charge is -2.30. The summed E-state index contributed by atoms with van der Waals surface area (Å²) in [5.74, 6) is 1.21. The molecule has 0 radical (unpaired) electrons. The monoisotopic (exact) mass is 358 g/mol. The lowest BCUT2D eigenvalue weighted by molar-refractivity contribution is 0.0677. The van der Waals surface area contributed by atoms with Crippen LogP contribution in [0.1, 0.15) is 35.8 Å².